The van der Waals surface area contributed by atoms with Crippen LogP contribution in [-0.2, 0) is 25.5 Å². The van der Waals surface area contributed by atoms with Crippen molar-refractivity contribution in [3.05, 3.63) is 35.4 Å². The Kier molecular flexibility index (Phi) is 4.90. The van der Waals surface area contributed by atoms with Crippen molar-refractivity contribution < 1.29 is 19.1 Å². The standard InChI is InChI=1S/C19H25NO4/c1-12(21)23-11-15-10-20(3)17-9-8-14-6-4-5-7-16(14)18(17)19(15)24-13(2)22/h4-7,15,17-19H,8-11H2,1-3H3/t15-,17+,18+,19+/m0/s1. The highest BCUT2D eigenvalue weighted by molar-refractivity contribution is 5.67. The Labute approximate surface area is 142 Å². The summed E-state index contributed by atoms with van der Waals surface area (Å²) in [7, 11) is 2.11. The smallest absolute Gasteiger partial charge is 0.302 e. The summed E-state index contributed by atoms with van der Waals surface area (Å²) in [6, 6.07) is 8.75. The van der Waals surface area contributed by atoms with E-state index in [0.29, 0.717) is 6.04 Å². The number of nitrogens with zero attached hydrogens (tertiary/aromatic N) is 1. The largest absolute Gasteiger partial charge is 0.465 e. The van der Waals surface area contributed by atoms with Crippen LogP contribution < -0.4 is 0 Å². The molecule has 0 unspecified atom stereocenters. The molecular formula is C19H25NO4. The maximum Gasteiger partial charge on any atom is 0.302 e. The molecule has 1 saturated heterocycles. The van der Waals surface area contributed by atoms with Gasteiger partial charge < -0.3 is 14.4 Å². The van der Waals surface area contributed by atoms with E-state index in [1.165, 1.54) is 25.0 Å². The van der Waals surface area contributed by atoms with Crippen molar-refractivity contribution in [1.29, 1.82) is 0 Å². The number of ether oxygens (including phenoxy) is 2. The Morgan fingerprint density at radius 3 is 2.67 bits per heavy atom. The lowest BCUT2D eigenvalue weighted by molar-refractivity contribution is -0.161. The van der Waals surface area contributed by atoms with E-state index in [4.69, 9.17) is 9.47 Å². The van der Waals surface area contributed by atoms with Gasteiger partial charge in [0.25, 0.3) is 0 Å². The van der Waals surface area contributed by atoms with E-state index in [-0.39, 0.29) is 36.5 Å². The van der Waals surface area contributed by atoms with Crippen LogP contribution in [0.25, 0.3) is 0 Å². The summed E-state index contributed by atoms with van der Waals surface area (Å²) in [5, 5.41) is 0. The average Bonchev–Trinajstić information content (AvgIpc) is 2.54. The van der Waals surface area contributed by atoms with Gasteiger partial charge in [0, 0.05) is 38.3 Å². The minimum atomic E-state index is -0.301. The molecule has 0 N–H and O–H groups in total. The van der Waals surface area contributed by atoms with E-state index >= 15 is 0 Å². The number of likely N-dealkylation sites (tertiary alicyclic amines) is 1. The van der Waals surface area contributed by atoms with Gasteiger partial charge >= 0.3 is 11.9 Å². The van der Waals surface area contributed by atoms with E-state index in [2.05, 4.69) is 30.1 Å². The molecule has 5 heteroatoms. The number of hydrogen-bond donors (Lipinski definition) is 0. The van der Waals surface area contributed by atoms with Crippen molar-refractivity contribution in [3.8, 4) is 0 Å². The number of benzene rings is 1. The van der Waals surface area contributed by atoms with Crippen molar-refractivity contribution in [2.75, 3.05) is 20.2 Å². The number of aryl methyl sites for hydroxylation is 1. The molecule has 5 nitrogen and oxygen atoms in total. The molecule has 0 amide bonds. The van der Waals surface area contributed by atoms with Crippen molar-refractivity contribution in [3.63, 3.8) is 0 Å². The summed E-state index contributed by atoms with van der Waals surface area (Å²) in [6.45, 7) is 3.90. The molecule has 0 bridgehead atoms. The van der Waals surface area contributed by atoms with Crippen LogP contribution in [0.3, 0.4) is 0 Å². The Hall–Kier alpha value is -1.88. The molecule has 3 rings (SSSR count). The van der Waals surface area contributed by atoms with Crippen LogP contribution in [0.5, 0.6) is 0 Å². The predicted molar refractivity (Wildman–Crippen MR) is 89.6 cm³/mol. The van der Waals surface area contributed by atoms with Gasteiger partial charge in [-0.1, -0.05) is 24.3 Å². The van der Waals surface area contributed by atoms with Gasteiger partial charge in [0.15, 0.2) is 0 Å². The first-order valence-electron chi connectivity index (χ1n) is 8.56. The zero-order valence-electron chi connectivity index (χ0n) is 14.5. The molecule has 1 aromatic carbocycles. The normalized spacial score (nSPS) is 29.3. The molecule has 0 radical (unpaired) electrons. The van der Waals surface area contributed by atoms with Crippen LogP contribution in [0.2, 0.25) is 0 Å². The second kappa shape index (κ2) is 6.93. The van der Waals surface area contributed by atoms with Gasteiger partial charge in [0.2, 0.25) is 0 Å². The van der Waals surface area contributed by atoms with Crippen molar-refractivity contribution in [2.45, 2.75) is 44.8 Å². The summed E-state index contributed by atoms with van der Waals surface area (Å²) >= 11 is 0. The Bertz CT molecular complexity index is 630. The molecule has 1 heterocycles. The third-order valence-corrected chi connectivity index (χ3v) is 5.25. The van der Waals surface area contributed by atoms with Gasteiger partial charge in [-0.05, 0) is 31.0 Å². The number of carbonyl (C=O) groups is 2. The van der Waals surface area contributed by atoms with E-state index in [0.717, 1.165) is 19.4 Å². The monoisotopic (exact) mass is 331 g/mol. The maximum atomic E-state index is 11.7. The van der Waals surface area contributed by atoms with Gasteiger partial charge in [-0.2, -0.15) is 0 Å². The molecule has 1 aliphatic heterocycles. The second-order valence-corrected chi connectivity index (χ2v) is 6.91. The number of hydrogen-bond acceptors (Lipinski definition) is 5. The van der Waals surface area contributed by atoms with Crippen LogP contribution in [0.4, 0.5) is 0 Å². The number of esters is 2. The molecule has 4 atom stereocenters. The zero-order chi connectivity index (χ0) is 17.3. The van der Waals surface area contributed by atoms with Crippen LogP contribution in [0.15, 0.2) is 24.3 Å². The molecule has 24 heavy (non-hydrogen) atoms. The minimum absolute atomic E-state index is 0.0183. The number of likely N-dealkylation sites (N-methyl/N-ethyl adjacent to an activating group) is 1. The third-order valence-electron chi connectivity index (χ3n) is 5.25. The molecule has 0 aromatic heterocycles. The molecule has 1 aliphatic carbocycles. The van der Waals surface area contributed by atoms with Crippen LogP contribution in [-0.4, -0.2) is 49.2 Å². The van der Waals surface area contributed by atoms with Crippen molar-refractivity contribution in [1.82, 2.24) is 4.90 Å². The SMILES string of the molecule is CC(=O)OC[C@@H]1CN(C)[C@@H]2CCc3ccccc3[C@H]2[C@@H]1OC(C)=O. The first kappa shape index (κ1) is 17.0. The number of piperidine rings is 1. The first-order chi connectivity index (χ1) is 11.5. The number of carbonyl (C=O) groups excluding carboxylic acids is 2. The lowest BCUT2D eigenvalue weighted by atomic mass is 9.70. The topological polar surface area (TPSA) is 55.8 Å². The fourth-order valence-corrected chi connectivity index (χ4v) is 4.30. The molecule has 130 valence electrons. The van der Waals surface area contributed by atoms with E-state index < -0.39 is 0 Å². The summed E-state index contributed by atoms with van der Waals surface area (Å²) in [6.07, 6.45) is 1.84. The average molecular weight is 331 g/mol. The van der Waals surface area contributed by atoms with E-state index in [1.54, 1.807) is 0 Å². The van der Waals surface area contributed by atoms with Crippen molar-refractivity contribution >= 4 is 11.9 Å². The molecule has 0 saturated carbocycles. The third kappa shape index (κ3) is 3.31. The highest BCUT2D eigenvalue weighted by atomic mass is 16.6. The van der Waals surface area contributed by atoms with Crippen LogP contribution in [0, 0.1) is 5.92 Å². The Morgan fingerprint density at radius 1 is 1.21 bits per heavy atom. The highest BCUT2D eigenvalue weighted by Crippen LogP contribution is 2.43. The molecule has 0 spiro atoms. The fourth-order valence-electron chi connectivity index (χ4n) is 4.30. The molecule has 1 fully saturated rings. The van der Waals surface area contributed by atoms with Gasteiger partial charge in [-0.25, -0.2) is 0 Å². The minimum Gasteiger partial charge on any atom is -0.465 e. The number of rotatable bonds is 3. The van der Waals surface area contributed by atoms with Crippen LogP contribution in [0.1, 0.15) is 37.3 Å². The maximum absolute atomic E-state index is 11.7. The highest BCUT2D eigenvalue weighted by Gasteiger charge is 2.47. The summed E-state index contributed by atoms with van der Waals surface area (Å²) < 4.78 is 11.0. The first-order valence-corrected chi connectivity index (χ1v) is 8.56. The summed E-state index contributed by atoms with van der Waals surface area (Å²) in [5.41, 5.74) is 2.59. The van der Waals surface area contributed by atoms with Gasteiger partial charge in [-0.3, -0.25) is 9.59 Å². The summed E-state index contributed by atoms with van der Waals surface area (Å²) in [4.78, 5) is 25.3. The van der Waals surface area contributed by atoms with Gasteiger partial charge in [0.05, 0.1) is 6.61 Å². The van der Waals surface area contributed by atoms with Gasteiger partial charge in [-0.15, -0.1) is 0 Å². The van der Waals surface area contributed by atoms with E-state index in [1.807, 2.05) is 6.07 Å². The lowest BCUT2D eigenvalue weighted by Gasteiger charge is -2.50. The predicted octanol–water partition coefficient (Wildman–Crippen LogP) is 2.14. The molecule has 2 aliphatic rings. The zero-order valence-corrected chi connectivity index (χ0v) is 14.5. The second-order valence-electron chi connectivity index (χ2n) is 6.91. The van der Waals surface area contributed by atoms with Crippen molar-refractivity contribution in [2.24, 2.45) is 5.92 Å². The Morgan fingerprint density at radius 2 is 1.96 bits per heavy atom. The lowest BCUT2D eigenvalue weighted by Crippen LogP contribution is -2.56. The van der Waals surface area contributed by atoms with E-state index in [9.17, 15) is 9.59 Å². The quantitative estimate of drug-likeness (QED) is 0.794. The van der Waals surface area contributed by atoms with Gasteiger partial charge in [0.1, 0.15) is 6.10 Å². The summed E-state index contributed by atoms with van der Waals surface area (Å²) in [5.74, 6) is -0.474. The number of fused-ring (bicyclic) bond motifs is 3. The molecular weight excluding hydrogens is 306 g/mol. The fraction of sp³-hybridized carbons (Fsp3) is 0.579. The Balaban J connectivity index is 1.95. The molecule has 1 aromatic rings. The van der Waals surface area contributed by atoms with Crippen LogP contribution >= 0.6 is 0 Å².